The van der Waals surface area contributed by atoms with Gasteiger partial charge in [-0.3, -0.25) is 0 Å². The molecule has 0 saturated carbocycles. The predicted molar refractivity (Wildman–Crippen MR) is 70.5 cm³/mol. The van der Waals surface area contributed by atoms with Gasteiger partial charge in [0.05, 0.1) is 0 Å². The molecule has 0 aromatic carbocycles. The average Bonchev–Trinajstić information content (AvgIpc) is 2.28. The molecule has 1 heterocycles. The third kappa shape index (κ3) is 4.56. The Morgan fingerprint density at radius 3 is 2.81 bits per heavy atom. The number of aliphatic imine (C=N–C) groups is 1. The van der Waals surface area contributed by atoms with Gasteiger partial charge in [0.25, 0.3) is 0 Å². The van der Waals surface area contributed by atoms with Crippen LogP contribution in [0.25, 0.3) is 0 Å². The molecule has 0 N–H and O–H groups in total. The van der Waals surface area contributed by atoms with Crippen LogP contribution in [-0.4, -0.2) is 10.7 Å². The Bertz CT molecular complexity index is 342. The lowest BCUT2D eigenvalue weighted by Crippen LogP contribution is -1.92. The summed E-state index contributed by atoms with van der Waals surface area (Å²) in [6.45, 7) is 6.38. The Hall–Kier alpha value is -1.18. The van der Waals surface area contributed by atoms with Gasteiger partial charge in [0, 0.05) is 11.9 Å². The standard InChI is InChI=1S/C14H22N2/c1-4-5-6-7-10-13(3)16-14-12(2)9-8-11-15-14/h8-9,11H,4-7,10H2,1-3H3/b16-13+. The molecule has 0 amide bonds. The first-order valence-corrected chi connectivity index (χ1v) is 6.20. The van der Waals surface area contributed by atoms with Gasteiger partial charge < -0.3 is 0 Å². The molecule has 2 heteroatoms. The molecule has 16 heavy (non-hydrogen) atoms. The SMILES string of the molecule is CCCCCC/C(C)=N/c1ncccc1C. The summed E-state index contributed by atoms with van der Waals surface area (Å²) in [4.78, 5) is 8.84. The second-order valence-electron chi connectivity index (χ2n) is 4.30. The number of unbranched alkanes of at least 4 members (excludes halogenated alkanes) is 3. The average molecular weight is 218 g/mol. The van der Waals surface area contributed by atoms with Crippen molar-refractivity contribution in [2.75, 3.05) is 0 Å². The topological polar surface area (TPSA) is 25.2 Å². The first-order chi connectivity index (χ1) is 7.74. The summed E-state index contributed by atoms with van der Waals surface area (Å²) in [5.74, 6) is 0.871. The maximum atomic E-state index is 4.56. The maximum Gasteiger partial charge on any atom is 0.154 e. The molecular weight excluding hydrogens is 196 g/mol. The summed E-state index contributed by atoms with van der Waals surface area (Å²) < 4.78 is 0. The lowest BCUT2D eigenvalue weighted by molar-refractivity contribution is 0.682. The highest BCUT2D eigenvalue weighted by Crippen LogP contribution is 2.15. The molecule has 0 aliphatic carbocycles. The van der Waals surface area contributed by atoms with Gasteiger partial charge in [-0.25, -0.2) is 9.98 Å². The zero-order valence-corrected chi connectivity index (χ0v) is 10.7. The van der Waals surface area contributed by atoms with E-state index < -0.39 is 0 Å². The Morgan fingerprint density at radius 2 is 2.12 bits per heavy atom. The van der Waals surface area contributed by atoms with E-state index in [2.05, 4.69) is 36.8 Å². The maximum absolute atomic E-state index is 4.56. The van der Waals surface area contributed by atoms with Crippen molar-refractivity contribution in [3.05, 3.63) is 23.9 Å². The van der Waals surface area contributed by atoms with Crippen LogP contribution >= 0.6 is 0 Å². The molecule has 0 aliphatic rings. The number of rotatable bonds is 6. The lowest BCUT2D eigenvalue weighted by atomic mass is 10.1. The molecule has 0 atom stereocenters. The number of hydrogen-bond acceptors (Lipinski definition) is 2. The quantitative estimate of drug-likeness (QED) is 0.511. The Morgan fingerprint density at radius 1 is 1.31 bits per heavy atom. The van der Waals surface area contributed by atoms with Crippen LogP contribution in [-0.2, 0) is 0 Å². The molecule has 0 saturated heterocycles. The predicted octanol–water partition coefficient (Wildman–Crippen LogP) is 4.45. The molecule has 88 valence electrons. The van der Waals surface area contributed by atoms with E-state index in [4.69, 9.17) is 0 Å². The summed E-state index contributed by atoms with van der Waals surface area (Å²) in [7, 11) is 0. The molecule has 1 rings (SSSR count). The smallest absolute Gasteiger partial charge is 0.154 e. The van der Waals surface area contributed by atoms with Crippen molar-refractivity contribution < 1.29 is 0 Å². The summed E-state index contributed by atoms with van der Waals surface area (Å²) in [5.41, 5.74) is 2.34. The number of aryl methyl sites for hydroxylation is 1. The molecule has 2 nitrogen and oxygen atoms in total. The first-order valence-electron chi connectivity index (χ1n) is 6.20. The van der Waals surface area contributed by atoms with Gasteiger partial charge in [-0.2, -0.15) is 0 Å². The lowest BCUT2D eigenvalue weighted by Gasteiger charge is -2.02. The van der Waals surface area contributed by atoms with E-state index in [-0.39, 0.29) is 0 Å². The molecule has 0 radical (unpaired) electrons. The van der Waals surface area contributed by atoms with Gasteiger partial charge in [0.1, 0.15) is 0 Å². The van der Waals surface area contributed by atoms with E-state index in [9.17, 15) is 0 Å². The Balaban J connectivity index is 2.47. The monoisotopic (exact) mass is 218 g/mol. The zero-order valence-electron chi connectivity index (χ0n) is 10.7. The minimum absolute atomic E-state index is 0.871. The fourth-order valence-corrected chi connectivity index (χ4v) is 1.64. The third-order valence-electron chi connectivity index (χ3n) is 2.67. The van der Waals surface area contributed by atoms with Crippen molar-refractivity contribution in [2.24, 2.45) is 4.99 Å². The zero-order chi connectivity index (χ0) is 11.8. The fraction of sp³-hybridized carbons (Fsp3) is 0.571. The summed E-state index contributed by atoms with van der Waals surface area (Å²) in [6.07, 6.45) is 8.07. The van der Waals surface area contributed by atoms with E-state index in [1.54, 1.807) is 6.20 Å². The van der Waals surface area contributed by atoms with Crippen molar-refractivity contribution in [2.45, 2.75) is 52.9 Å². The molecule has 0 spiro atoms. The second kappa shape index (κ2) is 7.15. The van der Waals surface area contributed by atoms with Crippen LogP contribution in [0.2, 0.25) is 0 Å². The molecular formula is C14H22N2. The molecule has 0 aliphatic heterocycles. The Kier molecular flexibility index (Phi) is 5.76. The first kappa shape index (κ1) is 12.9. The van der Waals surface area contributed by atoms with Crippen LogP contribution in [0, 0.1) is 6.92 Å². The van der Waals surface area contributed by atoms with Crippen LogP contribution in [0.5, 0.6) is 0 Å². The molecule has 0 fully saturated rings. The summed E-state index contributed by atoms with van der Waals surface area (Å²) in [6, 6.07) is 4.00. The molecule has 1 aromatic heterocycles. The van der Waals surface area contributed by atoms with Crippen molar-refractivity contribution in [1.29, 1.82) is 0 Å². The number of pyridine rings is 1. The van der Waals surface area contributed by atoms with Crippen molar-refractivity contribution in [3.8, 4) is 0 Å². The van der Waals surface area contributed by atoms with E-state index in [0.29, 0.717) is 0 Å². The van der Waals surface area contributed by atoms with Crippen molar-refractivity contribution >= 4 is 11.5 Å². The Labute approximate surface area is 98.8 Å². The van der Waals surface area contributed by atoms with Gasteiger partial charge in [0.15, 0.2) is 5.82 Å². The number of aromatic nitrogens is 1. The fourth-order valence-electron chi connectivity index (χ4n) is 1.64. The van der Waals surface area contributed by atoms with Gasteiger partial charge in [-0.15, -0.1) is 0 Å². The molecule has 1 aromatic rings. The largest absolute Gasteiger partial charge is 0.238 e. The van der Waals surface area contributed by atoms with Crippen LogP contribution in [0.3, 0.4) is 0 Å². The summed E-state index contributed by atoms with van der Waals surface area (Å²) >= 11 is 0. The van der Waals surface area contributed by atoms with Gasteiger partial charge >= 0.3 is 0 Å². The van der Waals surface area contributed by atoms with Crippen LogP contribution in [0.15, 0.2) is 23.3 Å². The van der Waals surface area contributed by atoms with Gasteiger partial charge in [-0.05, 0) is 38.3 Å². The third-order valence-corrected chi connectivity index (χ3v) is 2.67. The van der Waals surface area contributed by atoms with E-state index in [0.717, 1.165) is 17.8 Å². The number of hydrogen-bond donors (Lipinski definition) is 0. The van der Waals surface area contributed by atoms with E-state index in [1.807, 2.05) is 6.07 Å². The van der Waals surface area contributed by atoms with Crippen LogP contribution in [0.4, 0.5) is 5.82 Å². The minimum Gasteiger partial charge on any atom is -0.238 e. The van der Waals surface area contributed by atoms with E-state index >= 15 is 0 Å². The number of nitrogens with zero attached hydrogens (tertiary/aromatic N) is 2. The highest BCUT2D eigenvalue weighted by molar-refractivity contribution is 5.84. The highest BCUT2D eigenvalue weighted by Gasteiger charge is 1.97. The summed E-state index contributed by atoms with van der Waals surface area (Å²) in [5, 5.41) is 0. The van der Waals surface area contributed by atoms with Crippen LogP contribution < -0.4 is 0 Å². The highest BCUT2D eigenvalue weighted by atomic mass is 14.9. The minimum atomic E-state index is 0.871. The van der Waals surface area contributed by atoms with Gasteiger partial charge in [-0.1, -0.05) is 32.3 Å². The van der Waals surface area contributed by atoms with Crippen molar-refractivity contribution in [1.82, 2.24) is 4.98 Å². The van der Waals surface area contributed by atoms with Crippen LogP contribution in [0.1, 0.15) is 51.5 Å². The normalized spacial score (nSPS) is 11.8. The molecule has 0 bridgehead atoms. The molecule has 0 unspecified atom stereocenters. The van der Waals surface area contributed by atoms with Gasteiger partial charge in [0.2, 0.25) is 0 Å². The second-order valence-corrected chi connectivity index (χ2v) is 4.30. The van der Waals surface area contributed by atoms with Crippen molar-refractivity contribution in [3.63, 3.8) is 0 Å². The van der Waals surface area contributed by atoms with E-state index in [1.165, 1.54) is 31.4 Å².